The fourth-order valence-electron chi connectivity index (χ4n) is 4.27. The van der Waals surface area contributed by atoms with E-state index in [9.17, 15) is 10.4 Å². The van der Waals surface area contributed by atoms with Crippen LogP contribution in [0.2, 0.25) is 0 Å². The predicted molar refractivity (Wildman–Crippen MR) is 84.5 cm³/mol. The van der Waals surface area contributed by atoms with Crippen molar-refractivity contribution in [1.82, 2.24) is 4.90 Å². The zero-order valence-corrected chi connectivity index (χ0v) is 13.3. The molecule has 1 N–H and O–H groups in total. The van der Waals surface area contributed by atoms with Crippen LogP contribution in [0.1, 0.15) is 30.0 Å². The van der Waals surface area contributed by atoms with Gasteiger partial charge in [0.05, 0.1) is 24.7 Å². The molecule has 5 nitrogen and oxygen atoms in total. The molecule has 0 amide bonds. The summed E-state index contributed by atoms with van der Waals surface area (Å²) >= 11 is 0. The summed E-state index contributed by atoms with van der Waals surface area (Å²) in [5, 5.41) is 19.7. The van der Waals surface area contributed by atoms with Gasteiger partial charge in [-0.25, -0.2) is 0 Å². The number of ether oxygens (including phenoxy) is 2. The number of benzene rings is 1. The summed E-state index contributed by atoms with van der Waals surface area (Å²) in [6, 6.07) is 5.99. The van der Waals surface area contributed by atoms with E-state index in [2.05, 4.69) is 17.0 Å². The van der Waals surface area contributed by atoms with Crippen LogP contribution >= 0.6 is 0 Å². The van der Waals surface area contributed by atoms with Gasteiger partial charge in [-0.2, -0.15) is 5.26 Å². The molecule has 1 unspecified atom stereocenters. The second-order valence-electron chi connectivity index (χ2n) is 6.63. The van der Waals surface area contributed by atoms with E-state index in [4.69, 9.17) is 9.47 Å². The average Bonchev–Trinajstić information content (AvgIpc) is 2.82. The molecule has 0 aromatic heterocycles. The Hall–Kier alpha value is -2.03. The topological polar surface area (TPSA) is 65.7 Å². The fourth-order valence-corrected chi connectivity index (χ4v) is 4.27. The Morgan fingerprint density at radius 2 is 2.30 bits per heavy atom. The van der Waals surface area contributed by atoms with Crippen LogP contribution in [0.25, 0.3) is 0 Å². The molecule has 0 radical (unpaired) electrons. The fraction of sp³-hybridized carbons (Fsp3) is 0.500. The van der Waals surface area contributed by atoms with Crippen molar-refractivity contribution >= 4 is 0 Å². The number of methoxy groups -OCH3 is 1. The summed E-state index contributed by atoms with van der Waals surface area (Å²) in [4.78, 5) is 2.09. The predicted octanol–water partition coefficient (Wildman–Crippen LogP) is 1.91. The number of aliphatic hydroxyl groups excluding tert-OH is 1. The van der Waals surface area contributed by atoms with E-state index in [0.717, 1.165) is 29.8 Å². The molecule has 2 heterocycles. The SMILES string of the molecule is COc1ccc2c3c1O[C@H]1C[C@H](O)C=C[C@@]31CCN(C)C2C#N. The Morgan fingerprint density at radius 1 is 1.48 bits per heavy atom. The van der Waals surface area contributed by atoms with Crippen molar-refractivity contribution < 1.29 is 14.6 Å². The molecule has 120 valence electrons. The molecule has 1 spiro atoms. The van der Waals surface area contributed by atoms with E-state index < -0.39 is 6.10 Å². The van der Waals surface area contributed by atoms with Gasteiger partial charge >= 0.3 is 0 Å². The third kappa shape index (κ3) is 1.85. The van der Waals surface area contributed by atoms with Gasteiger partial charge in [0.15, 0.2) is 11.5 Å². The molecule has 23 heavy (non-hydrogen) atoms. The van der Waals surface area contributed by atoms with Gasteiger partial charge in [-0.1, -0.05) is 18.2 Å². The molecule has 0 saturated carbocycles. The van der Waals surface area contributed by atoms with Crippen LogP contribution in [0.3, 0.4) is 0 Å². The summed E-state index contributed by atoms with van der Waals surface area (Å²) in [7, 11) is 3.62. The monoisotopic (exact) mass is 312 g/mol. The lowest BCUT2D eigenvalue weighted by Gasteiger charge is -2.35. The van der Waals surface area contributed by atoms with E-state index in [1.165, 1.54) is 0 Å². The molecular formula is C18H20N2O3. The van der Waals surface area contributed by atoms with Crippen LogP contribution in [-0.4, -0.2) is 42.9 Å². The van der Waals surface area contributed by atoms with Crippen molar-refractivity contribution in [3.63, 3.8) is 0 Å². The molecular weight excluding hydrogens is 292 g/mol. The van der Waals surface area contributed by atoms with Crippen molar-refractivity contribution in [3.8, 4) is 17.6 Å². The average molecular weight is 312 g/mol. The molecule has 0 saturated heterocycles. The quantitative estimate of drug-likeness (QED) is 0.803. The summed E-state index contributed by atoms with van der Waals surface area (Å²) in [5.74, 6) is 1.44. The number of hydrogen-bond donors (Lipinski definition) is 1. The lowest BCUT2D eigenvalue weighted by Crippen LogP contribution is -2.42. The van der Waals surface area contributed by atoms with Crippen LogP contribution in [-0.2, 0) is 5.41 Å². The highest BCUT2D eigenvalue weighted by Gasteiger charge is 2.53. The maximum Gasteiger partial charge on any atom is 0.166 e. The van der Waals surface area contributed by atoms with Crippen LogP contribution in [0, 0.1) is 11.3 Å². The first-order valence-corrected chi connectivity index (χ1v) is 7.96. The molecule has 4 rings (SSSR count). The molecule has 1 aromatic carbocycles. The van der Waals surface area contributed by atoms with E-state index in [-0.39, 0.29) is 17.6 Å². The number of nitriles is 1. The third-order valence-corrected chi connectivity index (χ3v) is 5.48. The molecule has 3 aliphatic rings. The Labute approximate surface area is 135 Å². The van der Waals surface area contributed by atoms with Crippen molar-refractivity contribution in [2.45, 2.75) is 36.5 Å². The van der Waals surface area contributed by atoms with E-state index >= 15 is 0 Å². The first-order chi connectivity index (χ1) is 11.1. The van der Waals surface area contributed by atoms with Gasteiger partial charge in [-0.05, 0) is 25.1 Å². The Kier molecular flexibility index (Phi) is 3.15. The third-order valence-electron chi connectivity index (χ3n) is 5.48. The number of nitrogens with zero attached hydrogens (tertiary/aromatic N) is 2. The van der Waals surface area contributed by atoms with Crippen LogP contribution in [0.15, 0.2) is 24.3 Å². The number of aliphatic hydroxyl groups is 1. The minimum atomic E-state index is -0.484. The van der Waals surface area contributed by atoms with Crippen LogP contribution in [0.4, 0.5) is 0 Å². The second-order valence-corrected chi connectivity index (χ2v) is 6.63. The standard InChI is InChI=1S/C18H20N2O3/c1-20-8-7-18-6-5-11(21)9-15(18)23-17-14(22-2)4-3-12(16(17)18)13(20)10-19/h3-6,11,13,15,21H,7-9H2,1-2H3/t11-,13?,15+,18+/m1/s1. The maximum absolute atomic E-state index is 10.0. The summed E-state index contributed by atoms with van der Waals surface area (Å²) in [5.41, 5.74) is 1.78. The van der Waals surface area contributed by atoms with Crippen molar-refractivity contribution in [2.24, 2.45) is 0 Å². The Balaban J connectivity index is 2.00. The van der Waals surface area contributed by atoms with Gasteiger partial charge in [-0.3, -0.25) is 4.90 Å². The van der Waals surface area contributed by atoms with Gasteiger partial charge in [0.2, 0.25) is 0 Å². The van der Waals surface area contributed by atoms with E-state index in [1.807, 2.05) is 25.3 Å². The number of hydrogen-bond acceptors (Lipinski definition) is 5. The minimum Gasteiger partial charge on any atom is -0.493 e. The van der Waals surface area contributed by atoms with Crippen LogP contribution in [0.5, 0.6) is 11.5 Å². The molecule has 2 aliphatic heterocycles. The first-order valence-electron chi connectivity index (χ1n) is 7.96. The summed E-state index contributed by atoms with van der Waals surface area (Å²) < 4.78 is 11.7. The van der Waals surface area contributed by atoms with Gasteiger partial charge in [0, 0.05) is 18.5 Å². The van der Waals surface area contributed by atoms with E-state index in [1.54, 1.807) is 7.11 Å². The maximum atomic E-state index is 10.0. The largest absolute Gasteiger partial charge is 0.493 e. The molecule has 1 aromatic rings. The second kappa shape index (κ2) is 4.98. The molecule has 0 bridgehead atoms. The minimum absolute atomic E-state index is 0.113. The normalized spacial score (nSPS) is 34.8. The van der Waals surface area contributed by atoms with Crippen molar-refractivity contribution in [1.29, 1.82) is 5.26 Å². The van der Waals surface area contributed by atoms with Gasteiger partial charge < -0.3 is 14.6 Å². The van der Waals surface area contributed by atoms with Gasteiger partial charge in [-0.15, -0.1) is 0 Å². The molecule has 5 heteroatoms. The van der Waals surface area contributed by atoms with Gasteiger partial charge in [0.25, 0.3) is 0 Å². The molecule has 1 aliphatic carbocycles. The number of rotatable bonds is 1. The smallest absolute Gasteiger partial charge is 0.166 e. The summed E-state index contributed by atoms with van der Waals surface area (Å²) in [6.07, 6.45) is 4.79. The Bertz CT molecular complexity index is 724. The Morgan fingerprint density at radius 3 is 3.04 bits per heavy atom. The first kappa shape index (κ1) is 14.6. The highest BCUT2D eigenvalue weighted by molar-refractivity contribution is 5.62. The lowest BCUT2D eigenvalue weighted by atomic mass is 9.69. The summed E-state index contributed by atoms with van der Waals surface area (Å²) in [6.45, 7) is 0.801. The zero-order chi connectivity index (χ0) is 16.2. The molecule has 0 fully saturated rings. The zero-order valence-electron chi connectivity index (χ0n) is 13.3. The lowest BCUT2D eigenvalue weighted by molar-refractivity contribution is 0.0817. The highest BCUT2D eigenvalue weighted by Crippen LogP contribution is 2.57. The highest BCUT2D eigenvalue weighted by atomic mass is 16.5. The molecule has 4 atom stereocenters. The van der Waals surface area contributed by atoms with Crippen LogP contribution < -0.4 is 9.47 Å². The van der Waals surface area contributed by atoms with Crippen molar-refractivity contribution in [3.05, 3.63) is 35.4 Å². The van der Waals surface area contributed by atoms with Crippen molar-refractivity contribution in [2.75, 3.05) is 20.7 Å². The van der Waals surface area contributed by atoms with Gasteiger partial charge in [0.1, 0.15) is 12.1 Å². The van der Waals surface area contributed by atoms with E-state index in [0.29, 0.717) is 12.2 Å².